The summed E-state index contributed by atoms with van der Waals surface area (Å²) in [6, 6.07) is 12.1. The molecule has 0 aliphatic carbocycles. The molecule has 1 aliphatic heterocycles. The van der Waals surface area contributed by atoms with Crippen molar-refractivity contribution in [1.29, 1.82) is 0 Å². The molecule has 0 N–H and O–H groups in total. The topological polar surface area (TPSA) is 94.8 Å². The average molecular weight is 442 g/mol. The van der Waals surface area contributed by atoms with E-state index in [2.05, 4.69) is 10.1 Å². The van der Waals surface area contributed by atoms with Crippen LogP contribution in [0.2, 0.25) is 0 Å². The fourth-order valence-electron chi connectivity index (χ4n) is 3.40. The predicted octanol–water partition coefficient (Wildman–Crippen LogP) is 3.71. The Bertz CT molecular complexity index is 1180. The van der Waals surface area contributed by atoms with Crippen LogP contribution < -0.4 is 9.47 Å². The number of methoxy groups -OCH3 is 2. The molecular formula is C22H23N3O5S. The Hall–Kier alpha value is -3.17. The first-order valence-electron chi connectivity index (χ1n) is 9.85. The van der Waals surface area contributed by atoms with Crippen molar-refractivity contribution in [1.82, 2.24) is 14.4 Å². The number of rotatable bonds is 7. The van der Waals surface area contributed by atoms with Crippen molar-refractivity contribution in [2.75, 3.05) is 27.3 Å². The van der Waals surface area contributed by atoms with Crippen molar-refractivity contribution in [3.63, 3.8) is 0 Å². The van der Waals surface area contributed by atoms with Crippen LogP contribution in [0.1, 0.15) is 24.3 Å². The van der Waals surface area contributed by atoms with Crippen LogP contribution in [0.25, 0.3) is 23.5 Å². The van der Waals surface area contributed by atoms with Crippen LogP contribution in [0.3, 0.4) is 0 Å². The van der Waals surface area contributed by atoms with E-state index in [-0.39, 0.29) is 4.90 Å². The molecule has 0 atom stereocenters. The summed E-state index contributed by atoms with van der Waals surface area (Å²) in [7, 11) is -0.278. The molecule has 0 bridgehead atoms. The lowest BCUT2D eigenvalue weighted by Gasteiger charge is -2.15. The molecule has 0 amide bonds. The summed E-state index contributed by atoms with van der Waals surface area (Å²) in [5, 5.41) is 3.99. The molecule has 8 nitrogen and oxygen atoms in total. The Kier molecular flexibility index (Phi) is 6.06. The largest absolute Gasteiger partial charge is 0.493 e. The monoisotopic (exact) mass is 441 g/mol. The molecule has 1 saturated heterocycles. The summed E-state index contributed by atoms with van der Waals surface area (Å²) in [5.74, 6) is 1.99. The maximum atomic E-state index is 12.6. The molecule has 0 saturated carbocycles. The molecule has 31 heavy (non-hydrogen) atoms. The normalized spacial score (nSPS) is 14.9. The zero-order chi connectivity index (χ0) is 21.8. The highest BCUT2D eigenvalue weighted by Gasteiger charge is 2.27. The van der Waals surface area contributed by atoms with E-state index in [0.717, 1.165) is 18.4 Å². The van der Waals surface area contributed by atoms with Gasteiger partial charge in [-0.2, -0.15) is 9.29 Å². The second-order valence-corrected chi connectivity index (χ2v) is 8.98. The molecular weight excluding hydrogens is 418 g/mol. The lowest BCUT2D eigenvalue weighted by molar-refractivity contribution is 0.355. The van der Waals surface area contributed by atoms with Gasteiger partial charge in [0.15, 0.2) is 11.5 Å². The first kappa shape index (κ1) is 21.1. The van der Waals surface area contributed by atoms with Crippen LogP contribution in [-0.4, -0.2) is 50.2 Å². The van der Waals surface area contributed by atoms with Gasteiger partial charge in [-0.25, -0.2) is 8.42 Å². The third kappa shape index (κ3) is 4.47. The Morgan fingerprint density at radius 2 is 1.68 bits per heavy atom. The highest BCUT2D eigenvalue weighted by molar-refractivity contribution is 7.89. The molecule has 1 aliphatic rings. The molecule has 0 radical (unpaired) electrons. The van der Waals surface area contributed by atoms with Gasteiger partial charge >= 0.3 is 0 Å². The van der Waals surface area contributed by atoms with Crippen LogP contribution in [-0.2, 0) is 10.0 Å². The van der Waals surface area contributed by atoms with E-state index in [4.69, 9.17) is 14.0 Å². The number of nitrogens with zero attached hydrogens (tertiary/aromatic N) is 3. The average Bonchev–Trinajstić information content (AvgIpc) is 3.50. The lowest BCUT2D eigenvalue weighted by Crippen LogP contribution is -2.27. The summed E-state index contributed by atoms with van der Waals surface area (Å²) in [6.07, 6.45) is 5.33. The maximum absolute atomic E-state index is 12.6. The van der Waals surface area contributed by atoms with Gasteiger partial charge in [0, 0.05) is 24.7 Å². The molecule has 2 aromatic carbocycles. The van der Waals surface area contributed by atoms with Gasteiger partial charge in [-0.1, -0.05) is 11.2 Å². The highest BCUT2D eigenvalue weighted by atomic mass is 32.2. The number of hydrogen-bond donors (Lipinski definition) is 0. The molecule has 3 aromatic rings. The van der Waals surface area contributed by atoms with Gasteiger partial charge in [0.1, 0.15) is 0 Å². The second kappa shape index (κ2) is 8.91. The molecule has 2 heterocycles. The minimum absolute atomic E-state index is 0.273. The summed E-state index contributed by atoms with van der Waals surface area (Å²) >= 11 is 0. The van der Waals surface area contributed by atoms with E-state index in [9.17, 15) is 8.42 Å². The van der Waals surface area contributed by atoms with Crippen LogP contribution >= 0.6 is 0 Å². The lowest BCUT2D eigenvalue weighted by atomic mass is 10.2. The predicted molar refractivity (Wildman–Crippen MR) is 116 cm³/mol. The van der Waals surface area contributed by atoms with E-state index in [1.807, 2.05) is 24.3 Å². The molecule has 9 heteroatoms. The highest BCUT2D eigenvalue weighted by Crippen LogP contribution is 2.28. The van der Waals surface area contributed by atoms with Crippen molar-refractivity contribution < 1.29 is 22.4 Å². The molecule has 162 valence electrons. The van der Waals surface area contributed by atoms with E-state index in [1.165, 1.54) is 4.31 Å². The Balaban J connectivity index is 1.49. The van der Waals surface area contributed by atoms with Gasteiger partial charge in [-0.05, 0) is 60.9 Å². The third-order valence-corrected chi connectivity index (χ3v) is 7.00. The second-order valence-electron chi connectivity index (χ2n) is 7.04. The summed E-state index contributed by atoms with van der Waals surface area (Å²) < 4.78 is 42.6. The Labute approximate surface area is 181 Å². The van der Waals surface area contributed by atoms with Gasteiger partial charge in [0.05, 0.1) is 19.1 Å². The van der Waals surface area contributed by atoms with Gasteiger partial charge < -0.3 is 14.0 Å². The Morgan fingerprint density at radius 1 is 0.968 bits per heavy atom. The number of hydrogen-bond acceptors (Lipinski definition) is 7. The van der Waals surface area contributed by atoms with Crippen LogP contribution in [0.5, 0.6) is 11.5 Å². The molecule has 1 fully saturated rings. The molecule has 0 spiro atoms. The van der Waals surface area contributed by atoms with Crippen molar-refractivity contribution >= 4 is 22.2 Å². The van der Waals surface area contributed by atoms with Gasteiger partial charge in [-0.3, -0.25) is 0 Å². The van der Waals surface area contributed by atoms with E-state index < -0.39 is 10.0 Å². The van der Waals surface area contributed by atoms with E-state index in [1.54, 1.807) is 44.6 Å². The fourth-order valence-corrected chi connectivity index (χ4v) is 4.91. The minimum atomic E-state index is -3.44. The first-order chi connectivity index (χ1) is 15.0. The van der Waals surface area contributed by atoms with Crippen molar-refractivity contribution in [2.45, 2.75) is 17.7 Å². The van der Waals surface area contributed by atoms with Crippen molar-refractivity contribution in [3.8, 4) is 22.9 Å². The van der Waals surface area contributed by atoms with Gasteiger partial charge in [0.25, 0.3) is 5.89 Å². The number of ether oxygens (including phenoxy) is 2. The minimum Gasteiger partial charge on any atom is -0.493 e. The quantitative estimate of drug-likeness (QED) is 0.552. The standard InChI is InChI=1S/C22H23N3O5S/c1-28-19-11-5-16(15-20(19)29-2)6-12-21-23-22(24-30-21)17-7-9-18(10-8-17)31(26,27)25-13-3-4-14-25/h5-12,15H,3-4,13-14H2,1-2H3. The summed E-state index contributed by atoms with van der Waals surface area (Å²) in [4.78, 5) is 4.63. The summed E-state index contributed by atoms with van der Waals surface area (Å²) in [6.45, 7) is 1.15. The SMILES string of the molecule is COc1ccc(C=Cc2nc(-c3ccc(S(=O)(=O)N4CCCC4)cc3)no2)cc1OC. The molecule has 1 aromatic heterocycles. The Morgan fingerprint density at radius 3 is 2.35 bits per heavy atom. The van der Waals surface area contributed by atoms with Crippen molar-refractivity contribution in [3.05, 3.63) is 53.9 Å². The van der Waals surface area contributed by atoms with E-state index in [0.29, 0.717) is 41.9 Å². The smallest absolute Gasteiger partial charge is 0.250 e. The van der Waals surface area contributed by atoms with Crippen molar-refractivity contribution in [2.24, 2.45) is 0 Å². The number of benzene rings is 2. The van der Waals surface area contributed by atoms with Gasteiger partial charge in [-0.15, -0.1) is 0 Å². The number of aromatic nitrogens is 2. The maximum Gasteiger partial charge on any atom is 0.250 e. The fraction of sp³-hybridized carbons (Fsp3) is 0.273. The molecule has 4 rings (SSSR count). The van der Waals surface area contributed by atoms with Crippen LogP contribution in [0.15, 0.2) is 51.9 Å². The van der Waals surface area contributed by atoms with E-state index >= 15 is 0 Å². The number of sulfonamides is 1. The zero-order valence-electron chi connectivity index (χ0n) is 17.3. The third-order valence-electron chi connectivity index (χ3n) is 5.08. The summed E-state index contributed by atoms with van der Waals surface area (Å²) in [5.41, 5.74) is 1.56. The van der Waals surface area contributed by atoms with Crippen LogP contribution in [0, 0.1) is 0 Å². The zero-order valence-corrected chi connectivity index (χ0v) is 18.1. The van der Waals surface area contributed by atoms with Crippen LogP contribution in [0.4, 0.5) is 0 Å². The van der Waals surface area contributed by atoms with Gasteiger partial charge in [0.2, 0.25) is 15.8 Å². The molecule has 0 unspecified atom stereocenters. The first-order valence-corrected chi connectivity index (χ1v) is 11.3.